The first-order valence-corrected chi connectivity index (χ1v) is 8.32. The van der Waals surface area contributed by atoms with Gasteiger partial charge in [0.25, 0.3) is 0 Å². The van der Waals surface area contributed by atoms with Gasteiger partial charge in [-0.3, -0.25) is 0 Å². The number of hydrogen-bond acceptors (Lipinski definition) is 2. The zero-order chi connectivity index (χ0) is 15.5. The lowest BCUT2D eigenvalue weighted by Gasteiger charge is -2.31. The van der Waals surface area contributed by atoms with Crippen LogP contribution in [0.25, 0.3) is 0 Å². The summed E-state index contributed by atoms with van der Waals surface area (Å²) in [5, 5.41) is 3.51. The quantitative estimate of drug-likeness (QED) is 0.861. The number of rotatable bonds is 4. The van der Waals surface area contributed by atoms with E-state index >= 15 is 0 Å². The van der Waals surface area contributed by atoms with Gasteiger partial charge >= 0.3 is 0 Å². The lowest BCUT2D eigenvalue weighted by Crippen LogP contribution is -2.35. The van der Waals surface area contributed by atoms with Gasteiger partial charge in [-0.15, -0.1) is 0 Å². The van der Waals surface area contributed by atoms with Crippen LogP contribution in [0.1, 0.15) is 59.4 Å². The molecule has 21 heavy (non-hydrogen) atoms. The van der Waals surface area contributed by atoms with Crippen LogP contribution in [0, 0.1) is 11.8 Å². The second kappa shape index (κ2) is 6.83. The summed E-state index contributed by atoms with van der Waals surface area (Å²) in [6, 6.07) is 8.57. The van der Waals surface area contributed by atoms with Gasteiger partial charge in [0, 0.05) is 12.1 Å². The molecule has 0 aromatic heterocycles. The first-order valence-electron chi connectivity index (χ1n) is 8.32. The number of nitrogens with one attached hydrogen (secondary N) is 1. The van der Waals surface area contributed by atoms with Crippen LogP contribution in [0.3, 0.4) is 0 Å². The van der Waals surface area contributed by atoms with E-state index in [-0.39, 0.29) is 5.54 Å². The van der Waals surface area contributed by atoms with Crippen molar-refractivity contribution in [2.75, 3.05) is 0 Å². The van der Waals surface area contributed by atoms with Crippen LogP contribution in [0.15, 0.2) is 24.3 Å². The van der Waals surface area contributed by atoms with Crippen molar-refractivity contribution in [3.8, 4) is 5.75 Å². The maximum atomic E-state index is 6.18. The van der Waals surface area contributed by atoms with Gasteiger partial charge in [0.1, 0.15) is 5.75 Å². The first kappa shape index (κ1) is 16.4. The summed E-state index contributed by atoms with van der Waals surface area (Å²) in [4.78, 5) is 0. The van der Waals surface area contributed by atoms with Gasteiger partial charge in [0.2, 0.25) is 0 Å². The highest BCUT2D eigenvalue weighted by Gasteiger charge is 2.25. The third-order valence-corrected chi connectivity index (χ3v) is 4.18. The standard InChI is InChI=1S/C19H31NO/c1-14-10-15(2)12-18(11-14)21-17-8-6-16(7-9-17)13-20-19(3,4)5/h6-9,14-15,18,20H,10-13H2,1-5H3. The van der Waals surface area contributed by atoms with Gasteiger partial charge in [0.05, 0.1) is 6.10 Å². The highest BCUT2D eigenvalue weighted by atomic mass is 16.5. The second-order valence-corrected chi connectivity index (χ2v) is 7.90. The van der Waals surface area contributed by atoms with Crippen molar-refractivity contribution < 1.29 is 4.74 Å². The van der Waals surface area contributed by atoms with Crippen molar-refractivity contribution in [3.05, 3.63) is 29.8 Å². The summed E-state index contributed by atoms with van der Waals surface area (Å²) < 4.78 is 6.18. The van der Waals surface area contributed by atoms with E-state index in [1.54, 1.807) is 0 Å². The molecule has 118 valence electrons. The van der Waals surface area contributed by atoms with E-state index in [9.17, 15) is 0 Å². The Labute approximate surface area is 130 Å². The first-order chi connectivity index (χ1) is 9.82. The van der Waals surface area contributed by atoms with Crippen LogP contribution < -0.4 is 10.1 Å². The molecular formula is C19H31NO. The average Bonchev–Trinajstić information content (AvgIpc) is 2.36. The van der Waals surface area contributed by atoms with Crippen molar-refractivity contribution in [3.63, 3.8) is 0 Å². The molecule has 1 aliphatic rings. The molecule has 2 unspecified atom stereocenters. The van der Waals surface area contributed by atoms with Crippen molar-refractivity contribution in [2.45, 2.75) is 72.1 Å². The Morgan fingerprint density at radius 1 is 1.00 bits per heavy atom. The Bertz CT molecular complexity index is 422. The van der Waals surface area contributed by atoms with E-state index in [0.29, 0.717) is 6.10 Å². The molecule has 0 spiro atoms. The molecule has 0 heterocycles. The van der Waals surface area contributed by atoms with Crippen molar-refractivity contribution in [1.82, 2.24) is 5.32 Å². The second-order valence-electron chi connectivity index (χ2n) is 7.90. The fraction of sp³-hybridized carbons (Fsp3) is 0.684. The molecule has 1 N–H and O–H groups in total. The zero-order valence-electron chi connectivity index (χ0n) is 14.3. The molecule has 2 nitrogen and oxygen atoms in total. The minimum atomic E-state index is 0.156. The lowest BCUT2D eigenvalue weighted by atomic mass is 9.82. The monoisotopic (exact) mass is 289 g/mol. The molecule has 1 aliphatic carbocycles. The Morgan fingerprint density at radius 2 is 1.57 bits per heavy atom. The summed E-state index contributed by atoms with van der Waals surface area (Å²) in [5.74, 6) is 2.59. The maximum absolute atomic E-state index is 6.18. The molecule has 1 fully saturated rings. The fourth-order valence-electron chi connectivity index (χ4n) is 3.21. The summed E-state index contributed by atoms with van der Waals surface area (Å²) in [6.45, 7) is 12.2. The number of ether oxygens (including phenoxy) is 1. The van der Waals surface area contributed by atoms with E-state index in [0.717, 1.165) is 24.1 Å². The van der Waals surface area contributed by atoms with E-state index in [1.165, 1.54) is 24.8 Å². The minimum absolute atomic E-state index is 0.156. The van der Waals surface area contributed by atoms with Crippen molar-refractivity contribution >= 4 is 0 Å². The van der Waals surface area contributed by atoms with Crippen molar-refractivity contribution in [2.24, 2.45) is 11.8 Å². The molecule has 0 radical (unpaired) electrons. The third kappa shape index (κ3) is 5.70. The summed E-state index contributed by atoms with van der Waals surface area (Å²) >= 11 is 0. The van der Waals surface area contributed by atoms with E-state index in [4.69, 9.17) is 4.74 Å². The Kier molecular flexibility index (Phi) is 5.32. The molecule has 1 saturated carbocycles. The van der Waals surface area contributed by atoms with Gasteiger partial charge in [-0.05, 0) is 69.6 Å². The molecule has 1 aromatic carbocycles. The normalized spacial score (nSPS) is 26.6. The van der Waals surface area contributed by atoms with Crippen LogP contribution in [0.4, 0.5) is 0 Å². The summed E-state index contributed by atoms with van der Waals surface area (Å²) in [7, 11) is 0. The molecule has 0 aliphatic heterocycles. The Hall–Kier alpha value is -1.02. The molecule has 0 amide bonds. The fourth-order valence-corrected chi connectivity index (χ4v) is 3.21. The largest absolute Gasteiger partial charge is 0.490 e. The molecule has 0 saturated heterocycles. The topological polar surface area (TPSA) is 21.3 Å². The molecule has 2 rings (SSSR count). The highest BCUT2D eigenvalue weighted by molar-refractivity contribution is 5.27. The van der Waals surface area contributed by atoms with E-state index in [1.807, 2.05) is 0 Å². The predicted molar refractivity (Wildman–Crippen MR) is 89.6 cm³/mol. The molecular weight excluding hydrogens is 258 g/mol. The van der Waals surface area contributed by atoms with Crippen molar-refractivity contribution in [1.29, 1.82) is 0 Å². The van der Waals surface area contributed by atoms with Crippen LogP contribution >= 0.6 is 0 Å². The highest BCUT2D eigenvalue weighted by Crippen LogP contribution is 2.31. The molecule has 0 bridgehead atoms. The van der Waals surface area contributed by atoms with E-state index in [2.05, 4.69) is 64.2 Å². The van der Waals surface area contributed by atoms with Crippen LogP contribution in [0.5, 0.6) is 5.75 Å². The van der Waals surface area contributed by atoms with E-state index < -0.39 is 0 Å². The number of benzene rings is 1. The third-order valence-electron chi connectivity index (χ3n) is 4.18. The predicted octanol–water partition coefficient (Wildman–Crippen LogP) is 4.78. The average molecular weight is 289 g/mol. The Balaban J connectivity index is 1.87. The van der Waals surface area contributed by atoms with Gasteiger partial charge in [0.15, 0.2) is 0 Å². The lowest BCUT2D eigenvalue weighted by molar-refractivity contribution is 0.101. The van der Waals surface area contributed by atoms with Gasteiger partial charge in [-0.2, -0.15) is 0 Å². The molecule has 1 aromatic rings. The van der Waals surface area contributed by atoms with Crippen LogP contribution in [-0.4, -0.2) is 11.6 Å². The summed E-state index contributed by atoms with van der Waals surface area (Å²) in [5.41, 5.74) is 1.46. The van der Waals surface area contributed by atoms with Crippen LogP contribution in [0.2, 0.25) is 0 Å². The molecule has 2 atom stereocenters. The van der Waals surface area contributed by atoms with Gasteiger partial charge in [-0.25, -0.2) is 0 Å². The zero-order valence-corrected chi connectivity index (χ0v) is 14.3. The SMILES string of the molecule is CC1CC(C)CC(Oc2ccc(CNC(C)(C)C)cc2)C1. The number of hydrogen-bond donors (Lipinski definition) is 1. The smallest absolute Gasteiger partial charge is 0.119 e. The maximum Gasteiger partial charge on any atom is 0.119 e. The molecule has 2 heteroatoms. The van der Waals surface area contributed by atoms with Crippen LogP contribution in [-0.2, 0) is 6.54 Å². The minimum Gasteiger partial charge on any atom is -0.490 e. The summed E-state index contributed by atoms with van der Waals surface area (Å²) in [6.07, 6.45) is 4.12. The Morgan fingerprint density at radius 3 is 2.10 bits per heavy atom. The van der Waals surface area contributed by atoms with Gasteiger partial charge in [-0.1, -0.05) is 26.0 Å². The van der Waals surface area contributed by atoms with Gasteiger partial charge < -0.3 is 10.1 Å².